The van der Waals surface area contributed by atoms with Gasteiger partial charge in [0.2, 0.25) is 5.91 Å². The second kappa shape index (κ2) is 4.53. The number of hydrogen-bond acceptors (Lipinski definition) is 4. The monoisotopic (exact) mass is 244 g/mol. The van der Waals surface area contributed by atoms with E-state index < -0.39 is 12.1 Å². The lowest BCUT2D eigenvalue weighted by Crippen LogP contribution is -2.55. The Labute approximate surface area is 98.9 Å². The Morgan fingerprint density at radius 3 is 3.00 bits per heavy atom. The molecule has 0 bridgehead atoms. The molecule has 2 fully saturated rings. The number of thioether (sulfide) groups is 1. The number of hydrogen-bond donors (Lipinski definition) is 1. The minimum atomic E-state index is -0.531. The van der Waals surface area contributed by atoms with Crippen molar-refractivity contribution in [3.05, 3.63) is 0 Å². The summed E-state index contributed by atoms with van der Waals surface area (Å²) in [5, 5.41) is 2.89. The van der Waals surface area contributed by atoms with E-state index >= 15 is 0 Å². The van der Waals surface area contributed by atoms with Crippen LogP contribution in [0.25, 0.3) is 0 Å². The van der Waals surface area contributed by atoms with Gasteiger partial charge in [-0.1, -0.05) is 0 Å². The summed E-state index contributed by atoms with van der Waals surface area (Å²) in [5.41, 5.74) is 0. The Balaban J connectivity index is 2.03. The first kappa shape index (κ1) is 11.6. The van der Waals surface area contributed by atoms with Crippen molar-refractivity contribution >= 4 is 23.8 Å². The first-order chi connectivity index (χ1) is 7.63. The maximum atomic E-state index is 12.1. The average molecular weight is 244 g/mol. The van der Waals surface area contributed by atoms with Crippen LogP contribution in [0, 0.1) is 0 Å². The first-order valence-corrected chi connectivity index (χ1v) is 6.46. The van der Waals surface area contributed by atoms with E-state index in [1.807, 2.05) is 23.6 Å². The molecule has 0 aliphatic carbocycles. The third kappa shape index (κ3) is 1.98. The quantitative estimate of drug-likeness (QED) is 0.741. The van der Waals surface area contributed by atoms with Crippen LogP contribution in [0.15, 0.2) is 0 Å². The van der Waals surface area contributed by atoms with E-state index in [4.69, 9.17) is 0 Å². The maximum Gasteiger partial charge on any atom is 0.407 e. The van der Waals surface area contributed by atoms with Crippen molar-refractivity contribution in [1.29, 1.82) is 0 Å². The third-order valence-electron chi connectivity index (χ3n) is 3.05. The minimum Gasteiger partial charge on any atom is -0.453 e. The van der Waals surface area contributed by atoms with Crippen LogP contribution in [0.4, 0.5) is 4.79 Å². The summed E-state index contributed by atoms with van der Waals surface area (Å²) in [7, 11) is 1.31. The molecular formula is C10H16N2O3S. The summed E-state index contributed by atoms with van der Waals surface area (Å²) in [6, 6.07) is -0.144. The number of alkyl carbamates (subject to hydrolysis) is 1. The molecule has 2 rings (SSSR count). The van der Waals surface area contributed by atoms with Crippen LogP contribution in [0.1, 0.15) is 19.8 Å². The zero-order chi connectivity index (χ0) is 11.7. The van der Waals surface area contributed by atoms with Crippen LogP contribution in [-0.2, 0) is 9.53 Å². The van der Waals surface area contributed by atoms with Crippen molar-refractivity contribution in [2.45, 2.75) is 37.2 Å². The molecule has 0 radical (unpaired) electrons. The van der Waals surface area contributed by atoms with E-state index in [1.54, 1.807) is 0 Å². The highest BCUT2D eigenvalue weighted by atomic mass is 32.2. The van der Waals surface area contributed by atoms with E-state index in [-0.39, 0.29) is 11.9 Å². The Morgan fingerprint density at radius 2 is 2.31 bits per heavy atom. The fourth-order valence-electron chi connectivity index (χ4n) is 2.22. The largest absolute Gasteiger partial charge is 0.453 e. The lowest BCUT2D eigenvalue weighted by Gasteiger charge is -2.36. The number of carbonyl (C=O) groups excluding carboxylic acids is 2. The molecule has 2 aliphatic heterocycles. The minimum absolute atomic E-state index is 0.0270. The molecule has 6 heteroatoms. The number of fused-ring (bicyclic) bond motifs is 1. The maximum absolute atomic E-state index is 12.1. The smallest absolute Gasteiger partial charge is 0.407 e. The van der Waals surface area contributed by atoms with Gasteiger partial charge in [0.15, 0.2) is 0 Å². The van der Waals surface area contributed by atoms with Gasteiger partial charge in [0, 0.05) is 11.8 Å². The number of carbonyl (C=O) groups is 2. The predicted molar refractivity (Wildman–Crippen MR) is 61.1 cm³/mol. The fourth-order valence-corrected chi connectivity index (χ4v) is 3.66. The van der Waals surface area contributed by atoms with Gasteiger partial charge < -0.3 is 15.0 Å². The number of piperidine rings is 1. The van der Waals surface area contributed by atoms with Gasteiger partial charge in [-0.2, -0.15) is 0 Å². The highest BCUT2D eigenvalue weighted by Gasteiger charge is 2.42. The van der Waals surface area contributed by atoms with Gasteiger partial charge in [-0.05, 0) is 19.8 Å². The van der Waals surface area contributed by atoms with Crippen LogP contribution in [0.3, 0.4) is 0 Å². The van der Waals surface area contributed by atoms with Crippen LogP contribution in [0.5, 0.6) is 0 Å². The van der Waals surface area contributed by atoms with Gasteiger partial charge in [0.05, 0.1) is 12.5 Å². The molecule has 2 amide bonds. The lowest BCUT2D eigenvalue weighted by molar-refractivity contribution is -0.137. The summed E-state index contributed by atoms with van der Waals surface area (Å²) in [5.74, 6) is 1.01. The summed E-state index contributed by atoms with van der Waals surface area (Å²) in [4.78, 5) is 25.1. The second-order valence-corrected chi connectivity index (χ2v) is 5.36. The molecule has 90 valence electrons. The first-order valence-electron chi connectivity index (χ1n) is 5.41. The molecule has 16 heavy (non-hydrogen) atoms. The predicted octanol–water partition coefficient (Wildman–Crippen LogP) is 0.795. The van der Waals surface area contributed by atoms with Crippen LogP contribution < -0.4 is 5.32 Å². The summed E-state index contributed by atoms with van der Waals surface area (Å²) >= 11 is 1.83. The fraction of sp³-hybridized carbons (Fsp3) is 0.800. The molecule has 2 saturated heterocycles. The molecule has 5 nitrogen and oxygen atoms in total. The molecule has 3 atom stereocenters. The summed E-state index contributed by atoms with van der Waals surface area (Å²) in [6.45, 7) is 2.05. The highest BCUT2D eigenvalue weighted by molar-refractivity contribution is 8.00. The van der Waals surface area contributed by atoms with Crippen LogP contribution in [-0.4, -0.2) is 47.2 Å². The van der Waals surface area contributed by atoms with Crippen molar-refractivity contribution in [3.8, 4) is 0 Å². The molecule has 0 aromatic carbocycles. The molecule has 2 heterocycles. The molecule has 0 spiro atoms. The topological polar surface area (TPSA) is 58.6 Å². The second-order valence-electron chi connectivity index (χ2n) is 4.15. The van der Waals surface area contributed by atoms with Crippen molar-refractivity contribution < 1.29 is 14.3 Å². The Hall–Kier alpha value is -0.910. The van der Waals surface area contributed by atoms with Crippen molar-refractivity contribution in [3.63, 3.8) is 0 Å². The van der Waals surface area contributed by atoms with Gasteiger partial charge in [-0.25, -0.2) is 4.79 Å². The van der Waals surface area contributed by atoms with E-state index in [2.05, 4.69) is 10.1 Å². The molecule has 0 saturated carbocycles. The number of methoxy groups -OCH3 is 1. The van der Waals surface area contributed by atoms with E-state index in [0.29, 0.717) is 11.8 Å². The standard InChI is InChI=1S/C10H16N2O3S/c1-6-5-16-8-4-3-7(9(13)12(6)8)11-10(14)15-2/h6-8H,3-5H2,1-2H3,(H,11,14)/t6-,7+,8+/m1/s1. The zero-order valence-electron chi connectivity index (χ0n) is 9.43. The van der Waals surface area contributed by atoms with E-state index in [0.717, 1.165) is 12.2 Å². The van der Waals surface area contributed by atoms with Crippen molar-refractivity contribution in [1.82, 2.24) is 10.2 Å². The number of nitrogens with one attached hydrogen (secondary N) is 1. The van der Waals surface area contributed by atoms with E-state index in [1.165, 1.54) is 7.11 Å². The van der Waals surface area contributed by atoms with E-state index in [9.17, 15) is 9.59 Å². The summed E-state index contributed by atoms with van der Waals surface area (Å²) in [6.07, 6.45) is 1.11. The Morgan fingerprint density at radius 1 is 1.56 bits per heavy atom. The normalized spacial score (nSPS) is 33.5. The van der Waals surface area contributed by atoms with Crippen LogP contribution >= 0.6 is 11.8 Å². The van der Waals surface area contributed by atoms with Crippen molar-refractivity contribution in [2.24, 2.45) is 0 Å². The van der Waals surface area contributed by atoms with Gasteiger partial charge in [0.1, 0.15) is 6.04 Å². The van der Waals surface area contributed by atoms with Gasteiger partial charge in [-0.3, -0.25) is 4.79 Å². The zero-order valence-corrected chi connectivity index (χ0v) is 10.3. The molecule has 0 unspecified atom stereocenters. The van der Waals surface area contributed by atoms with Gasteiger partial charge >= 0.3 is 6.09 Å². The SMILES string of the molecule is COC(=O)N[C@H]1CC[C@@H]2SC[C@@H](C)N2C1=O. The lowest BCUT2D eigenvalue weighted by atomic mass is 10.0. The van der Waals surface area contributed by atoms with Crippen molar-refractivity contribution in [2.75, 3.05) is 12.9 Å². The number of nitrogens with zero attached hydrogens (tertiary/aromatic N) is 1. The van der Waals surface area contributed by atoms with Gasteiger partial charge in [0.25, 0.3) is 0 Å². The molecule has 0 aromatic heterocycles. The Bertz CT molecular complexity index is 310. The third-order valence-corrected chi connectivity index (χ3v) is 4.57. The highest BCUT2D eigenvalue weighted by Crippen LogP contribution is 2.36. The molecule has 1 N–H and O–H groups in total. The molecule has 2 aliphatic rings. The Kier molecular flexibility index (Phi) is 3.28. The number of rotatable bonds is 1. The number of ether oxygens (including phenoxy) is 1. The average Bonchev–Trinajstić information content (AvgIpc) is 2.65. The summed E-state index contributed by atoms with van der Waals surface area (Å²) < 4.78 is 4.51. The molecular weight excluding hydrogens is 228 g/mol. The van der Waals surface area contributed by atoms with Crippen LogP contribution in [0.2, 0.25) is 0 Å². The van der Waals surface area contributed by atoms with Gasteiger partial charge in [-0.15, -0.1) is 11.8 Å². The molecule has 0 aromatic rings. The number of amides is 2.